The number of carbonyl (C=O) groups excluding carboxylic acids is 2. The van der Waals surface area contributed by atoms with Gasteiger partial charge in [-0.15, -0.1) is 0 Å². The molecule has 0 fully saturated rings. The van der Waals surface area contributed by atoms with Gasteiger partial charge < -0.3 is 24.9 Å². The molecule has 1 heterocycles. The number of rotatable bonds is 6. The molecule has 122 valence electrons. The van der Waals surface area contributed by atoms with Gasteiger partial charge in [-0.2, -0.15) is 0 Å². The van der Waals surface area contributed by atoms with E-state index in [0.717, 1.165) is 5.56 Å². The van der Waals surface area contributed by atoms with Crippen LogP contribution in [-0.4, -0.2) is 30.6 Å². The molecule has 23 heavy (non-hydrogen) atoms. The van der Waals surface area contributed by atoms with E-state index in [0.29, 0.717) is 11.3 Å². The Morgan fingerprint density at radius 2 is 1.96 bits per heavy atom. The van der Waals surface area contributed by atoms with Crippen LogP contribution in [0.15, 0.2) is 47.3 Å². The summed E-state index contributed by atoms with van der Waals surface area (Å²) < 4.78 is 10.0. The summed E-state index contributed by atoms with van der Waals surface area (Å²) >= 11 is 0. The van der Waals surface area contributed by atoms with Gasteiger partial charge in [0.25, 0.3) is 0 Å². The van der Waals surface area contributed by atoms with E-state index in [9.17, 15) is 14.7 Å². The SMILES string of the molecule is COc1ccccc1CNC(=O)C(=O)NC[C@@H](O)c1ccoc1. The second-order valence-electron chi connectivity index (χ2n) is 4.78. The number of furan rings is 1. The van der Waals surface area contributed by atoms with Gasteiger partial charge in [-0.05, 0) is 12.1 Å². The maximum absolute atomic E-state index is 11.8. The van der Waals surface area contributed by atoms with E-state index in [2.05, 4.69) is 10.6 Å². The number of nitrogens with one attached hydrogen (secondary N) is 2. The smallest absolute Gasteiger partial charge is 0.309 e. The monoisotopic (exact) mass is 318 g/mol. The molecule has 0 saturated carbocycles. The molecule has 2 aromatic rings. The van der Waals surface area contributed by atoms with Crippen LogP contribution >= 0.6 is 0 Å². The van der Waals surface area contributed by atoms with Crippen LogP contribution in [0, 0.1) is 0 Å². The van der Waals surface area contributed by atoms with Gasteiger partial charge in [0.1, 0.15) is 5.75 Å². The van der Waals surface area contributed by atoms with Gasteiger partial charge in [-0.3, -0.25) is 9.59 Å². The molecular weight excluding hydrogens is 300 g/mol. The minimum atomic E-state index is -0.931. The highest BCUT2D eigenvalue weighted by Gasteiger charge is 2.16. The van der Waals surface area contributed by atoms with Crippen LogP contribution in [0.4, 0.5) is 0 Å². The molecule has 0 aliphatic carbocycles. The average Bonchev–Trinajstić information content (AvgIpc) is 3.12. The predicted octanol–water partition coefficient (Wildman–Crippen LogP) is 0.754. The summed E-state index contributed by atoms with van der Waals surface area (Å²) in [6.07, 6.45) is 1.86. The molecule has 0 aliphatic rings. The molecule has 1 atom stereocenters. The van der Waals surface area contributed by atoms with Gasteiger partial charge in [0, 0.05) is 24.2 Å². The number of amides is 2. The first-order valence-corrected chi connectivity index (χ1v) is 7.00. The third kappa shape index (κ3) is 4.58. The standard InChI is InChI=1S/C16H18N2O5/c1-22-14-5-3-2-4-11(14)8-17-15(20)16(21)18-9-13(19)12-6-7-23-10-12/h2-7,10,13,19H,8-9H2,1H3,(H,17,20)(H,18,21)/t13-/m1/s1. The molecule has 7 heteroatoms. The molecule has 1 aromatic carbocycles. The van der Waals surface area contributed by atoms with Crippen molar-refractivity contribution in [3.63, 3.8) is 0 Å². The lowest BCUT2D eigenvalue weighted by molar-refractivity contribution is -0.139. The highest BCUT2D eigenvalue weighted by Crippen LogP contribution is 2.16. The van der Waals surface area contributed by atoms with Crippen molar-refractivity contribution < 1.29 is 23.8 Å². The Morgan fingerprint density at radius 3 is 2.65 bits per heavy atom. The van der Waals surface area contributed by atoms with Gasteiger partial charge in [0.2, 0.25) is 0 Å². The molecule has 0 unspecified atom stereocenters. The molecule has 2 amide bonds. The highest BCUT2D eigenvalue weighted by molar-refractivity contribution is 6.35. The second-order valence-corrected chi connectivity index (χ2v) is 4.78. The minimum absolute atomic E-state index is 0.0829. The van der Waals surface area contributed by atoms with E-state index >= 15 is 0 Å². The summed E-state index contributed by atoms with van der Waals surface area (Å²) in [6, 6.07) is 8.76. The van der Waals surface area contributed by atoms with Gasteiger partial charge in [0.05, 0.1) is 25.7 Å². The van der Waals surface area contributed by atoms with Crippen molar-refractivity contribution in [2.75, 3.05) is 13.7 Å². The second kappa shape index (κ2) is 8.00. The summed E-state index contributed by atoms with van der Waals surface area (Å²) in [5, 5.41) is 14.7. The lowest BCUT2D eigenvalue weighted by Gasteiger charge is -2.11. The number of benzene rings is 1. The van der Waals surface area contributed by atoms with Crippen LogP contribution in [0.3, 0.4) is 0 Å². The molecule has 2 rings (SSSR count). The summed E-state index contributed by atoms with van der Waals surface area (Å²) in [7, 11) is 1.53. The first-order chi connectivity index (χ1) is 11.1. The summed E-state index contributed by atoms with van der Waals surface area (Å²) in [5.74, 6) is -0.971. The Bertz CT molecular complexity index is 654. The van der Waals surface area contributed by atoms with Crippen molar-refractivity contribution in [2.45, 2.75) is 12.6 Å². The van der Waals surface area contributed by atoms with Crippen LogP contribution in [0.2, 0.25) is 0 Å². The summed E-state index contributed by atoms with van der Waals surface area (Å²) in [4.78, 5) is 23.5. The van der Waals surface area contributed by atoms with E-state index in [1.807, 2.05) is 12.1 Å². The first-order valence-electron chi connectivity index (χ1n) is 7.00. The fourth-order valence-corrected chi connectivity index (χ4v) is 1.96. The van der Waals surface area contributed by atoms with Gasteiger partial charge in [0.15, 0.2) is 0 Å². The number of aliphatic hydroxyl groups excluding tert-OH is 1. The number of aliphatic hydroxyl groups is 1. The Hall–Kier alpha value is -2.80. The molecule has 0 bridgehead atoms. The van der Waals surface area contributed by atoms with Crippen LogP contribution in [0.5, 0.6) is 5.75 Å². The lowest BCUT2D eigenvalue weighted by atomic mass is 10.2. The Labute approximate surface area is 133 Å². The van der Waals surface area contributed by atoms with Gasteiger partial charge in [-0.1, -0.05) is 18.2 Å². The third-order valence-electron chi connectivity index (χ3n) is 3.22. The van der Waals surface area contributed by atoms with Crippen molar-refractivity contribution in [3.8, 4) is 5.75 Å². The van der Waals surface area contributed by atoms with E-state index < -0.39 is 17.9 Å². The van der Waals surface area contributed by atoms with E-state index in [1.54, 1.807) is 18.2 Å². The first kappa shape index (κ1) is 16.6. The fourth-order valence-electron chi connectivity index (χ4n) is 1.96. The third-order valence-corrected chi connectivity index (χ3v) is 3.22. The molecule has 0 saturated heterocycles. The number of carbonyl (C=O) groups is 2. The van der Waals surface area contributed by atoms with Crippen molar-refractivity contribution >= 4 is 11.8 Å². The minimum Gasteiger partial charge on any atom is -0.496 e. The molecule has 3 N–H and O–H groups in total. The van der Waals surface area contributed by atoms with E-state index in [4.69, 9.17) is 9.15 Å². The molecule has 0 spiro atoms. The zero-order chi connectivity index (χ0) is 16.7. The van der Waals surface area contributed by atoms with E-state index in [1.165, 1.54) is 19.6 Å². The van der Waals surface area contributed by atoms with Crippen LogP contribution < -0.4 is 15.4 Å². The predicted molar refractivity (Wildman–Crippen MR) is 81.5 cm³/mol. The highest BCUT2D eigenvalue weighted by atomic mass is 16.5. The maximum Gasteiger partial charge on any atom is 0.309 e. The van der Waals surface area contributed by atoms with Crippen molar-refractivity contribution in [1.82, 2.24) is 10.6 Å². The van der Waals surface area contributed by atoms with Gasteiger partial charge >= 0.3 is 11.8 Å². The number of hydrogen-bond donors (Lipinski definition) is 3. The van der Waals surface area contributed by atoms with Crippen molar-refractivity contribution in [3.05, 3.63) is 54.0 Å². The molecule has 0 radical (unpaired) electrons. The Kier molecular flexibility index (Phi) is 5.76. The summed E-state index contributed by atoms with van der Waals surface area (Å²) in [6.45, 7) is 0.0843. The zero-order valence-corrected chi connectivity index (χ0v) is 12.6. The maximum atomic E-state index is 11.8. The largest absolute Gasteiger partial charge is 0.496 e. The summed E-state index contributed by atoms with van der Waals surface area (Å²) in [5.41, 5.74) is 1.29. The van der Waals surface area contributed by atoms with Crippen LogP contribution in [0.25, 0.3) is 0 Å². The topological polar surface area (TPSA) is 101 Å². The number of methoxy groups -OCH3 is 1. The zero-order valence-electron chi connectivity index (χ0n) is 12.6. The molecule has 7 nitrogen and oxygen atoms in total. The Morgan fingerprint density at radius 1 is 1.22 bits per heavy atom. The quantitative estimate of drug-likeness (QED) is 0.683. The van der Waals surface area contributed by atoms with Crippen molar-refractivity contribution in [2.24, 2.45) is 0 Å². The van der Waals surface area contributed by atoms with Crippen LogP contribution in [-0.2, 0) is 16.1 Å². The lowest BCUT2D eigenvalue weighted by Crippen LogP contribution is -2.41. The molecule has 0 aliphatic heterocycles. The van der Waals surface area contributed by atoms with Gasteiger partial charge in [-0.25, -0.2) is 0 Å². The van der Waals surface area contributed by atoms with E-state index in [-0.39, 0.29) is 13.1 Å². The van der Waals surface area contributed by atoms with Crippen LogP contribution in [0.1, 0.15) is 17.2 Å². The number of ether oxygens (including phenoxy) is 1. The fraction of sp³-hybridized carbons (Fsp3) is 0.250. The number of para-hydroxylation sites is 1. The number of hydrogen-bond acceptors (Lipinski definition) is 5. The molecule has 1 aromatic heterocycles. The average molecular weight is 318 g/mol. The normalized spacial score (nSPS) is 11.6. The molecular formula is C16H18N2O5. The Balaban J connectivity index is 1.80. The van der Waals surface area contributed by atoms with Crippen molar-refractivity contribution in [1.29, 1.82) is 0 Å².